The standard InChI is InChI=1S/C30H25N3/c1-30(2,3)29-28(31-24-14-8-9-15-25(24)32-29)20-17-18-27-23(19-20)22-13-7-10-16-26(22)33(27)21-11-5-4-6-12-21/h4-19H,1-3H3. The molecule has 3 nitrogen and oxygen atoms in total. The van der Waals surface area contributed by atoms with Gasteiger partial charge in [-0.1, -0.05) is 75.4 Å². The first-order valence-corrected chi connectivity index (χ1v) is 11.4. The van der Waals surface area contributed by atoms with Crippen molar-refractivity contribution in [3.05, 3.63) is 103 Å². The van der Waals surface area contributed by atoms with Crippen LogP contribution in [0.15, 0.2) is 97.1 Å². The zero-order valence-electron chi connectivity index (χ0n) is 19.1. The van der Waals surface area contributed by atoms with Gasteiger partial charge in [0.1, 0.15) is 0 Å². The summed E-state index contributed by atoms with van der Waals surface area (Å²) in [6.45, 7) is 6.61. The van der Waals surface area contributed by atoms with E-state index in [0.29, 0.717) is 0 Å². The quantitative estimate of drug-likeness (QED) is 0.283. The Bertz CT molecular complexity index is 1640. The van der Waals surface area contributed by atoms with E-state index in [1.165, 1.54) is 21.8 Å². The summed E-state index contributed by atoms with van der Waals surface area (Å²) in [6, 6.07) is 34.0. The van der Waals surface area contributed by atoms with Crippen molar-refractivity contribution < 1.29 is 0 Å². The van der Waals surface area contributed by atoms with Crippen LogP contribution >= 0.6 is 0 Å². The van der Waals surface area contributed by atoms with Crippen molar-refractivity contribution in [2.75, 3.05) is 0 Å². The minimum atomic E-state index is -0.126. The fourth-order valence-corrected chi connectivity index (χ4v) is 4.70. The zero-order chi connectivity index (χ0) is 22.6. The third-order valence-electron chi connectivity index (χ3n) is 6.24. The van der Waals surface area contributed by atoms with Crippen molar-refractivity contribution >= 4 is 32.8 Å². The summed E-state index contributed by atoms with van der Waals surface area (Å²) in [7, 11) is 0. The molecule has 0 aliphatic heterocycles. The first kappa shape index (κ1) is 19.7. The van der Waals surface area contributed by atoms with Gasteiger partial charge in [0.05, 0.1) is 33.5 Å². The van der Waals surface area contributed by atoms with Gasteiger partial charge in [0.25, 0.3) is 0 Å². The monoisotopic (exact) mass is 427 g/mol. The molecule has 0 aliphatic carbocycles. The van der Waals surface area contributed by atoms with E-state index in [-0.39, 0.29) is 5.41 Å². The molecule has 0 unspecified atom stereocenters. The molecule has 0 N–H and O–H groups in total. The Morgan fingerprint density at radius 1 is 0.606 bits per heavy atom. The highest BCUT2D eigenvalue weighted by atomic mass is 15.0. The minimum Gasteiger partial charge on any atom is -0.309 e. The number of nitrogens with zero attached hydrogens (tertiary/aromatic N) is 3. The molecule has 4 aromatic carbocycles. The maximum absolute atomic E-state index is 5.09. The lowest BCUT2D eigenvalue weighted by Gasteiger charge is -2.21. The van der Waals surface area contributed by atoms with Crippen LogP contribution in [-0.2, 0) is 5.41 Å². The highest BCUT2D eigenvalue weighted by Crippen LogP contribution is 2.37. The van der Waals surface area contributed by atoms with E-state index in [1.54, 1.807) is 0 Å². The predicted molar refractivity (Wildman–Crippen MR) is 138 cm³/mol. The van der Waals surface area contributed by atoms with E-state index in [4.69, 9.17) is 9.97 Å². The SMILES string of the molecule is CC(C)(C)c1nc2ccccc2nc1-c1ccc2c(c1)c1ccccc1n2-c1ccccc1. The fourth-order valence-electron chi connectivity index (χ4n) is 4.70. The average Bonchev–Trinajstić information content (AvgIpc) is 3.17. The topological polar surface area (TPSA) is 30.7 Å². The molecule has 6 rings (SSSR count). The first-order chi connectivity index (χ1) is 16.0. The number of rotatable bonds is 2. The van der Waals surface area contributed by atoms with Gasteiger partial charge < -0.3 is 4.57 Å². The summed E-state index contributed by atoms with van der Waals surface area (Å²) in [5, 5.41) is 2.46. The van der Waals surface area contributed by atoms with Crippen LogP contribution in [0.25, 0.3) is 49.8 Å². The third kappa shape index (κ3) is 3.20. The maximum Gasteiger partial charge on any atom is 0.0930 e. The molecule has 2 heterocycles. The molecule has 0 amide bonds. The molecule has 2 aromatic heterocycles. The normalized spacial score (nSPS) is 12.1. The van der Waals surface area contributed by atoms with E-state index in [1.807, 2.05) is 24.3 Å². The van der Waals surface area contributed by atoms with Gasteiger partial charge in [-0.3, -0.25) is 0 Å². The van der Waals surface area contributed by atoms with Crippen LogP contribution in [0, 0.1) is 0 Å². The van der Waals surface area contributed by atoms with Crippen molar-refractivity contribution in [1.82, 2.24) is 14.5 Å². The second-order valence-electron chi connectivity index (χ2n) is 9.58. The Labute approximate surface area is 193 Å². The molecule has 0 saturated heterocycles. The zero-order valence-corrected chi connectivity index (χ0v) is 19.1. The van der Waals surface area contributed by atoms with Gasteiger partial charge in [-0.15, -0.1) is 0 Å². The van der Waals surface area contributed by atoms with E-state index >= 15 is 0 Å². The van der Waals surface area contributed by atoms with Crippen LogP contribution in [0.4, 0.5) is 0 Å². The highest BCUT2D eigenvalue weighted by molar-refractivity contribution is 6.10. The predicted octanol–water partition coefficient (Wildman–Crippen LogP) is 7.69. The highest BCUT2D eigenvalue weighted by Gasteiger charge is 2.23. The third-order valence-corrected chi connectivity index (χ3v) is 6.24. The van der Waals surface area contributed by atoms with E-state index in [2.05, 4.69) is 98.1 Å². The van der Waals surface area contributed by atoms with Gasteiger partial charge in [0.15, 0.2) is 0 Å². The van der Waals surface area contributed by atoms with E-state index in [9.17, 15) is 0 Å². The van der Waals surface area contributed by atoms with Gasteiger partial charge in [0, 0.05) is 27.4 Å². The van der Waals surface area contributed by atoms with Gasteiger partial charge in [0.2, 0.25) is 0 Å². The van der Waals surface area contributed by atoms with Crippen LogP contribution in [-0.4, -0.2) is 14.5 Å². The largest absolute Gasteiger partial charge is 0.309 e. The van der Waals surface area contributed by atoms with Crippen molar-refractivity contribution in [2.45, 2.75) is 26.2 Å². The lowest BCUT2D eigenvalue weighted by atomic mass is 9.88. The van der Waals surface area contributed by atoms with Crippen LogP contribution in [0.1, 0.15) is 26.5 Å². The number of fused-ring (bicyclic) bond motifs is 4. The number of hydrogen-bond donors (Lipinski definition) is 0. The molecular weight excluding hydrogens is 402 g/mol. The van der Waals surface area contributed by atoms with Crippen molar-refractivity contribution in [2.24, 2.45) is 0 Å². The Morgan fingerprint density at radius 3 is 2.00 bits per heavy atom. The lowest BCUT2D eigenvalue weighted by Crippen LogP contribution is -2.16. The molecule has 0 radical (unpaired) electrons. The smallest absolute Gasteiger partial charge is 0.0930 e. The van der Waals surface area contributed by atoms with Crippen LogP contribution in [0.2, 0.25) is 0 Å². The van der Waals surface area contributed by atoms with Crippen molar-refractivity contribution in [3.8, 4) is 16.9 Å². The van der Waals surface area contributed by atoms with Crippen LogP contribution in [0.3, 0.4) is 0 Å². The molecule has 0 aliphatic rings. The van der Waals surface area contributed by atoms with Crippen LogP contribution in [0.5, 0.6) is 0 Å². The number of aromatic nitrogens is 3. The first-order valence-electron chi connectivity index (χ1n) is 11.4. The van der Waals surface area contributed by atoms with Gasteiger partial charge in [-0.05, 0) is 42.5 Å². The number of hydrogen-bond acceptors (Lipinski definition) is 2. The molecule has 33 heavy (non-hydrogen) atoms. The number of benzene rings is 4. The Morgan fingerprint density at radius 2 is 1.24 bits per heavy atom. The molecule has 3 heteroatoms. The Kier molecular flexibility index (Phi) is 4.34. The summed E-state index contributed by atoms with van der Waals surface area (Å²) in [6.07, 6.45) is 0. The van der Waals surface area contributed by atoms with Gasteiger partial charge in [-0.2, -0.15) is 0 Å². The molecule has 0 saturated carbocycles. The molecule has 0 spiro atoms. The fraction of sp³-hybridized carbons (Fsp3) is 0.133. The second kappa shape index (κ2) is 7.28. The molecule has 0 fully saturated rings. The maximum atomic E-state index is 5.09. The summed E-state index contributed by atoms with van der Waals surface area (Å²) >= 11 is 0. The molecule has 6 aromatic rings. The second-order valence-corrected chi connectivity index (χ2v) is 9.58. The summed E-state index contributed by atoms with van der Waals surface area (Å²) in [5.41, 5.74) is 8.37. The minimum absolute atomic E-state index is 0.126. The molecule has 0 atom stereocenters. The molecular formula is C30H25N3. The van der Waals surface area contributed by atoms with Crippen LogP contribution < -0.4 is 0 Å². The lowest BCUT2D eigenvalue weighted by molar-refractivity contribution is 0.571. The molecule has 160 valence electrons. The van der Waals surface area contributed by atoms with E-state index < -0.39 is 0 Å². The van der Waals surface area contributed by atoms with E-state index in [0.717, 1.165) is 33.7 Å². The Balaban J connectivity index is 1.67. The summed E-state index contributed by atoms with van der Waals surface area (Å²) in [4.78, 5) is 10.1. The average molecular weight is 428 g/mol. The number of para-hydroxylation sites is 4. The summed E-state index contributed by atoms with van der Waals surface area (Å²) in [5.74, 6) is 0. The molecule has 0 bridgehead atoms. The Hall–Kier alpha value is -3.98. The van der Waals surface area contributed by atoms with Gasteiger partial charge >= 0.3 is 0 Å². The van der Waals surface area contributed by atoms with Crippen molar-refractivity contribution in [3.63, 3.8) is 0 Å². The summed E-state index contributed by atoms with van der Waals surface area (Å²) < 4.78 is 2.34. The van der Waals surface area contributed by atoms with Gasteiger partial charge in [-0.25, -0.2) is 9.97 Å². The van der Waals surface area contributed by atoms with Crippen molar-refractivity contribution in [1.29, 1.82) is 0 Å².